The highest BCUT2D eigenvalue weighted by atomic mass is 32.2. The van der Waals surface area contributed by atoms with Crippen LogP contribution in [0.2, 0.25) is 0 Å². The van der Waals surface area contributed by atoms with Crippen LogP contribution in [0.3, 0.4) is 0 Å². The Hall–Kier alpha value is -0.700. The van der Waals surface area contributed by atoms with Gasteiger partial charge in [0, 0.05) is 5.56 Å². The maximum absolute atomic E-state index is 10.0. The summed E-state index contributed by atoms with van der Waals surface area (Å²) in [6.45, 7) is 0. The molecule has 0 amide bonds. The zero-order valence-electron chi connectivity index (χ0n) is 6.14. The normalized spacial score (nSPS) is 10.5. The average Bonchev–Trinajstić information content (AvgIpc) is 2.06. The van der Waals surface area contributed by atoms with Crippen LogP contribution in [0.1, 0.15) is 5.56 Å². The third-order valence-electron chi connectivity index (χ3n) is 1.36. The summed E-state index contributed by atoms with van der Waals surface area (Å²) in [5.41, 5.74) is 0.750. The molecule has 2 nitrogen and oxygen atoms in total. The first-order valence-corrected chi connectivity index (χ1v) is 4.15. The molecule has 0 bridgehead atoms. The van der Waals surface area contributed by atoms with Crippen molar-refractivity contribution in [2.24, 2.45) is 4.99 Å². The lowest BCUT2D eigenvalue weighted by atomic mass is 10.2. The van der Waals surface area contributed by atoms with Crippen molar-refractivity contribution in [3.8, 4) is 0 Å². The van der Waals surface area contributed by atoms with Crippen LogP contribution >= 0.6 is 25.3 Å². The molecule has 0 N–H and O–H groups in total. The highest BCUT2D eigenvalue weighted by Crippen LogP contribution is 2.33. The molecule has 0 saturated carbocycles. The number of benzene rings is 1. The zero-order chi connectivity index (χ0) is 9.03. The van der Waals surface area contributed by atoms with E-state index in [9.17, 15) is 4.79 Å². The number of nitrogens with zero attached hydrogens (tertiary/aromatic N) is 1. The zero-order valence-corrected chi connectivity index (χ0v) is 7.93. The van der Waals surface area contributed by atoms with Crippen LogP contribution in [0.4, 0.5) is 0 Å². The second kappa shape index (κ2) is 3.81. The van der Waals surface area contributed by atoms with Crippen molar-refractivity contribution in [3.05, 3.63) is 35.9 Å². The van der Waals surface area contributed by atoms with Crippen molar-refractivity contribution >= 4 is 31.3 Å². The van der Waals surface area contributed by atoms with Crippen molar-refractivity contribution in [1.29, 1.82) is 0 Å². The Labute approximate surface area is 81.5 Å². The third kappa shape index (κ3) is 2.14. The van der Waals surface area contributed by atoms with Gasteiger partial charge in [-0.2, -0.15) is 4.99 Å². The molecular weight excluding hydrogens is 190 g/mol. The van der Waals surface area contributed by atoms with E-state index in [0.717, 1.165) is 5.56 Å². The molecule has 4 heteroatoms. The van der Waals surface area contributed by atoms with Crippen molar-refractivity contribution in [1.82, 2.24) is 0 Å². The Bertz CT molecular complexity index is 304. The minimum absolute atomic E-state index is 0.750. The van der Waals surface area contributed by atoms with Gasteiger partial charge in [0.1, 0.15) is 0 Å². The van der Waals surface area contributed by atoms with Crippen molar-refractivity contribution in [2.45, 2.75) is 4.20 Å². The van der Waals surface area contributed by atoms with E-state index in [0.29, 0.717) is 0 Å². The monoisotopic (exact) mass is 197 g/mol. The van der Waals surface area contributed by atoms with Crippen LogP contribution < -0.4 is 0 Å². The van der Waals surface area contributed by atoms with E-state index in [2.05, 4.69) is 30.2 Å². The van der Waals surface area contributed by atoms with Crippen LogP contribution in [0.15, 0.2) is 35.3 Å². The summed E-state index contributed by atoms with van der Waals surface area (Å²) >= 11 is 8.18. The Balaban J connectivity index is 3.05. The lowest BCUT2D eigenvalue weighted by Crippen LogP contribution is -2.05. The van der Waals surface area contributed by atoms with E-state index < -0.39 is 4.20 Å². The molecule has 0 saturated heterocycles. The van der Waals surface area contributed by atoms with E-state index in [1.807, 2.05) is 18.2 Å². The smallest absolute Gasteiger partial charge is 0.211 e. The summed E-state index contributed by atoms with van der Waals surface area (Å²) in [4.78, 5) is 13.5. The van der Waals surface area contributed by atoms with E-state index in [1.165, 1.54) is 6.08 Å². The molecule has 0 radical (unpaired) electrons. The van der Waals surface area contributed by atoms with Gasteiger partial charge < -0.3 is 0 Å². The molecule has 0 spiro atoms. The molecule has 1 aromatic rings. The topological polar surface area (TPSA) is 29.4 Å². The van der Waals surface area contributed by atoms with Gasteiger partial charge in [-0.3, -0.25) is 0 Å². The molecule has 0 heterocycles. The highest BCUT2D eigenvalue weighted by molar-refractivity contribution is 7.99. The Morgan fingerprint density at radius 1 is 1.25 bits per heavy atom. The quantitative estimate of drug-likeness (QED) is 0.323. The number of carbonyl (C=O) groups excluding carboxylic acids is 1. The predicted octanol–water partition coefficient (Wildman–Crippen LogP) is 1.99. The first kappa shape index (κ1) is 9.39. The summed E-state index contributed by atoms with van der Waals surface area (Å²) in [5.74, 6) is 0. The Morgan fingerprint density at radius 2 is 1.83 bits per heavy atom. The molecule has 1 rings (SSSR count). The van der Waals surface area contributed by atoms with Crippen LogP contribution in [-0.4, -0.2) is 6.08 Å². The van der Waals surface area contributed by atoms with Gasteiger partial charge in [-0.15, -0.1) is 25.3 Å². The first-order chi connectivity index (χ1) is 5.67. The van der Waals surface area contributed by atoms with E-state index in [-0.39, 0.29) is 0 Å². The van der Waals surface area contributed by atoms with Gasteiger partial charge >= 0.3 is 0 Å². The minimum atomic E-state index is -1.07. The molecule has 12 heavy (non-hydrogen) atoms. The summed E-state index contributed by atoms with van der Waals surface area (Å²) in [6, 6.07) is 9.11. The number of hydrogen-bond donors (Lipinski definition) is 2. The Morgan fingerprint density at radius 3 is 2.33 bits per heavy atom. The van der Waals surface area contributed by atoms with Crippen LogP contribution in [0.5, 0.6) is 0 Å². The lowest BCUT2D eigenvalue weighted by Gasteiger charge is -2.14. The van der Waals surface area contributed by atoms with Crippen LogP contribution in [0, 0.1) is 0 Å². The molecule has 0 aliphatic carbocycles. The van der Waals surface area contributed by atoms with E-state index in [4.69, 9.17) is 0 Å². The van der Waals surface area contributed by atoms with E-state index in [1.54, 1.807) is 12.1 Å². The van der Waals surface area contributed by atoms with Crippen molar-refractivity contribution < 1.29 is 4.79 Å². The second-order valence-corrected chi connectivity index (χ2v) is 3.85. The third-order valence-corrected chi connectivity index (χ3v) is 2.08. The van der Waals surface area contributed by atoms with Crippen LogP contribution in [-0.2, 0) is 9.00 Å². The summed E-state index contributed by atoms with van der Waals surface area (Å²) in [6.07, 6.45) is 1.43. The van der Waals surface area contributed by atoms with Gasteiger partial charge in [-0.25, -0.2) is 4.79 Å². The fourth-order valence-electron chi connectivity index (χ4n) is 0.790. The van der Waals surface area contributed by atoms with Gasteiger partial charge in [-0.05, 0) is 0 Å². The average molecular weight is 197 g/mol. The maximum atomic E-state index is 10.0. The highest BCUT2D eigenvalue weighted by Gasteiger charge is 2.20. The number of isocyanates is 1. The van der Waals surface area contributed by atoms with Gasteiger partial charge in [0.25, 0.3) is 0 Å². The summed E-state index contributed by atoms with van der Waals surface area (Å²) < 4.78 is -1.07. The predicted molar refractivity (Wildman–Crippen MR) is 54.2 cm³/mol. The van der Waals surface area contributed by atoms with Crippen molar-refractivity contribution in [2.75, 3.05) is 0 Å². The van der Waals surface area contributed by atoms with Gasteiger partial charge in [-0.1, -0.05) is 30.3 Å². The molecular formula is C8H7NOS2. The van der Waals surface area contributed by atoms with E-state index >= 15 is 0 Å². The van der Waals surface area contributed by atoms with Gasteiger partial charge in [0.15, 0.2) is 4.20 Å². The van der Waals surface area contributed by atoms with Crippen molar-refractivity contribution in [3.63, 3.8) is 0 Å². The molecule has 0 aliphatic heterocycles. The van der Waals surface area contributed by atoms with Gasteiger partial charge in [0.05, 0.1) is 0 Å². The number of aliphatic imine (C=N–C) groups is 1. The molecule has 0 fully saturated rings. The molecule has 1 aromatic carbocycles. The second-order valence-electron chi connectivity index (χ2n) is 2.20. The van der Waals surface area contributed by atoms with Gasteiger partial charge in [0.2, 0.25) is 6.08 Å². The Kier molecular flexibility index (Phi) is 2.98. The standard InChI is InChI=1S/C8H7NOS2/c10-6-9-8(11,12)7-4-2-1-3-5-7/h1-5,11-12H. The fourth-order valence-corrected chi connectivity index (χ4v) is 1.17. The maximum Gasteiger partial charge on any atom is 0.237 e. The minimum Gasteiger partial charge on any atom is -0.211 e. The number of thiol groups is 2. The largest absolute Gasteiger partial charge is 0.237 e. The van der Waals surface area contributed by atoms with Crippen LogP contribution in [0.25, 0.3) is 0 Å². The number of rotatable bonds is 2. The molecule has 0 aromatic heterocycles. The summed E-state index contributed by atoms with van der Waals surface area (Å²) in [5, 5.41) is 0. The lowest BCUT2D eigenvalue weighted by molar-refractivity contribution is 0.561. The fraction of sp³-hybridized carbons (Fsp3) is 0.125. The molecule has 0 unspecified atom stereocenters. The SMILES string of the molecule is O=C=NC(S)(S)c1ccccc1. The first-order valence-electron chi connectivity index (χ1n) is 3.26. The number of hydrogen-bond acceptors (Lipinski definition) is 4. The molecule has 62 valence electrons. The molecule has 0 aliphatic rings. The molecule has 0 atom stereocenters. The summed E-state index contributed by atoms with van der Waals surface area (Å²) in [7, 11) is 0.